The Labute approximate surface area is 98.8 Å². The van der Waals surface area contributed by atoms with Gasteiger partial charge in [0.1, 0.15) is 0 Å². The molecule has 0 aromatic carbocycles. The van der Waals surface area contributed by atoms with Crippen LogP contribution in [0.4, 0.5) is 4.79 Å². The molecule has 0 aromatic rings. The second-order valence-electron chi connectivity index (χ2n) is 4.41. The van der Waals surface area contributed by atoms with Crippen LogP contribution in [-0.2, 0) is 10.8 Å². The van der Waals surface area contributed by atoms with Crippen molar-refractivity contribution in [3.63, 3.8) is 0 Å². The molecule has 92 valence electrons. The fourth-order valence-corrected chi connectivity index (χ4v) is 3.08. The van der Waals surface area contributed by atoms with E-state index in [1.165, 1.54) is 0 Å². The first-order valence-electron chi connectivity index (χ1n) is 5.74. The zero-order valence-corrected chi connectivity index (χ0v) is 10.5. The van der Waals surface area contributed by atoms with Crippen LogP contribution in [-0.4, -0.2) is 82.8 Å². The highest BCUT2D eigenvalue weighted by Crippen LogP contribution is 2.07. The molecule has 0 aromatic heterocycles. The Morgan fingerprint density at radius 1 is 0.938 bits per heavy atom. The van der Waals surface area contributed by atoms with Crippen molar-refractivity contribution in [2.24, 2.45) is 0 Å². The molecule has 0 radical (unpaired) electrons. The van der Waals surface area contributed by atoms with Gasteiger partial charge in [-0.3, -0.25) is 4.21 Å². The summed E-state index contributed by atoms with van der Waals surface area (Å²) < 4.78 is 11.2. The van der Waals surface area contributed by atoms with E-state index in [2.05, 4.69) is 11.9 Å². The summed E-state index contributed by atoms with van der Waals surface area (Å²) in [4.78, 5) is 18.1. The predicted octanol–water partition coefficient (Wildman–Crippen LogP) is -0.582. The molecule has 2 rings (SSSR count). The summed E-state index contributed by atoms with van der Waals surface area (Å²) in [6.07, 6.45) is 0. The van der Waals surface area contributed by atoms with Gasteiger partial charge in [-0.2, -0.15) is 0 Å². The Morgan fingerprint density at radius 2 is 1.44 bits per heavy atom. The topological polar surface area (TPSA) is 43.9 Å². The number of amides is 2. The molecule has 2 aliphatic rings. The predicted molar refractivity (Wildman–Crippen MR) is 63.9 cm³/mol. The lowest BCUT2D eigenvalue weighted by atomic mass is 10.3. The normalized spacial score (nSPS) is 24.8. The number of hydrogen-bond acceptors (Lipinski definition) is 3. The molecule has 0 saturated carbocycles. The number of likely N-dealkylation sites (N-methyl/N-ethyl adjacent to an activating group) is 1. The Kier molecular flexibility index (Phi) is 3.81. The van der Waals surface area contributed by atoms with Crippen LogP contribution in [0.2, 0.25) is 0 Å². The van der Waals surface area contributed by atoms with Crippen molar-refractivity contribution >= 4 is 16.8 Å². The zero-order chi connectivity index (χ0) is 11.5. The molecule has 2 amide bonds. The van der Waals surface area contributed by atoms with Gasteiger partial charge in [0.25, 0.3) is 0 Å². The minimum atomic E-state index is -0.709. The number of nitrogens with zero attached hydrogens (tertiary/aromatic N) is 3. The van der Waals surface area contributed by atoms with E-state index in [4.69, 9.17) is 0 Å². The molecule has 2 aliphatic heterocycles. The SMILES string of the molecule is CN1CCN(C(=O)N2CCS(=O)CC2)CC1. The number of rotatable bonds is 0. The fraction of sp³-hybridized carbons (Fsp3) is 0.900. The molecule has 0 spiro atoms. The van der Waals surface area contributed by atoms with Gasteiger partial charge in [-0.25, -0.2) is 4.79 Å². The maximum Gasteiger partial charge on any atom is 0.320 e. The third-order valence-corrected chi connectivity index (χ3v) is 4.50. The van der Waals surface area contributed by atoms with Crippen LogP contribution in [0.3, 0.4) is 0 Å². The molecule has 0 bridgehead atoms. The molecule has 0 atom stereocenters. The van der Waals surface area contributed by atoms with Gasteiger partial charge in [-0.1, -0.05) is 0 Å². The monoisotopic (exact) mass is 245 g/mol. The van der Waals surface area contributed by atoms with E-state index in [0.29, 0.717) is 24.6 Å². The third kappa shape index (κ3) is 2.74. The highest BCUT2D eigenvalue weighted by Gasteiger charge is 2.26. The first-order chi connectivity index (χ1) is 7.66. The molecular formula is C10H19N3O2S. The maximum absolute atomic E-state index is 12.1. The van der Waals surface area contributed by atoms with Gasteiger partial charge in [-0.15, -0.1) is 0 Å². The number of carbonyl (C=O) groups is 1. The number of hydrogen-bond donors (Lipinski definition) is 0. The van der Waals surface area contributed by atoms with E-state index in [1.54, 1.807) is 0 Å². The maximum atomic E-state index is 12.1. The largest absolute Gasteiger partial charge is 0.323 e. The summed E-state index contributed by atoms with van der Waals surface area (Å²) in [5.41, 5.74) is 0. The van der Waals surface area contributed by atoms with Crippen molar-refractivity contribution < 1.29 is 9.00 Å². The average Bonchev–Trinajstić information content (AvgIpc) is 2.30. The molecule has 2 fully saturated rings. The lowest BCUT2D eigenvalue weighted by Gasteiger charge is -2.37. The first kappa shape index (κ1) is 11.9. The van der Waals surface area contributed by atoms with Crippen LogP contribution in [0, 0.1) is 0 Å². The molecule has 2 heterocycles. The summed E-state index contributed by atoms with van der Waals surface area (Å²) in [6.45, 7) is 4.83. The highest BCUT2D eigenvalue weighted by atomic mass is 32.2. The van der Waals surface area contributed by atoms with E-state index >= 15 is 0 Å². The molecule has 6 heteroatoms. The van der Waals surface area contributed by atoms with Gasteiger partial charge in [0.05, 0.1) is 0 Å². The van der Waals surface area contributed by atoms with Crippen molar-refractivity contribution in [2.45, 2.75) is 0 Å². The zero-order valence-electron chi connectivity index (χ0n) is 9.72. The minimum Gasteiger partial charge on any atom is -0.323 e. The van der Waals surface area contributed by atoms with E-state index in [-0.39, 0.29) is 6.03 Å². The van der Waals surface area contributed by atoms with Crippen LogP contribution in [0.15, 0.2) is 0 Å². The van der Waals surface area contributed by atoms with Crippen molar-refractivity contribution in [3.8, 4) is 0 Å². The van der Waals surface area contributed by atoms with Crippen molar-refractivity contribution in [3.05, 3.63) is 0 Å². The fourth-order valence-electron chi connectivity index (χ4n) is 2.03. The minimum absolute atomic E-state index is 0.129. The highest BCUT2D eigenvalue weighted by molar-refractivity contribution is 7.85. The van der Waals surface area contributed by atoms with Crippen LogP contribution in [0.1, 0.15) is 0 Å². The summed E-state index contributed by atoms with van der Waals surface area (Å²) in [7, 11) is 1.37. The van der Waals surface area contributed by atoms with Crippen molar-refractivity contribution in [1.82, 2.24) is 14.7 Å². The number of urea groups is 1. The van der Waals surface area contributed by atoms with E-state index < -0.39 is 10.8 Å². The van der Waals surface area contributed by atoms with E-state index in [1.807, 2.05) is 9.80 Å². The standard InChI is InChI=1S/C10H19N3O2S/c1-11-2-4-12(5-3-11)10(14)13-6-8-16(15)9-7-13/h2-9H2,1H3. The third-order valence-electron chi connectivity index (χ3n) is 3.22. The van der Waals surface area contributed by atoms with Gasteiger partial charge < -0.3 is 14.7 Å². The average molecular weight is 245 g/mol. The molecular weight excluding hydrogens is 226 g/mol. The summed E-state index contributed by atoms with van der Waals surface area (Å²) in [6, 6.07) is 0.129. The first-order valence-corrected chi connectivity index (χ1v) is 7.23. The second-order valence-corrected chi connectivity index (χ2v) is 6.10. The van der Waals surface area contributed by atoms with Crippen LogP contribution >= 0.6 is 0 Å². The molecule has 5 nitrogen and oxygen atoms in total. The molecule has 16 heavy (non-hydrogen) atoms. The van der Waals surface area contributed by atoms with Gasteiger partial charge in [-0.05, 0) is 7.05 Å². The van der Waals surface area contributed by atoms with Crippen molar-refractivity contribution in [2.75, 3.05) is 57.8 Å². The number of carbonyl (C=O) groups excluding carboxylic acids is 1. The van der Waals surface area contributed by atoms with Gasteiger partial charge in [0.2, 0.25) is 0 Å². The summed E-state index contributed by atoms with van der Waals surface area (Å²) in [5.74, 6) is 1.28. The Morgan fingerprint density at radius 3 is 2.00 bits per heavy atom. The molecule has 0 N–H and O–H groups in total. The van der Waals surface area contributed by atoms with Gasteiger partial charge >= 0.3 is 6.03 Å². The Balaban J connectivity index is 1.85. The Hall–Kier alpha value is -0.620. The smallest absolute Gasteiger partial charge is 0.320 e. The van der Waals surface area contributed by atoms with Gasteiger partial charge in [0.15, 0.2) is 0 Å². The van der Waals surface area contributed by atoms with Crippen molar-refractivity contribution in [1.29, 1.82) is 0 Å². The van der Waals surface area contributed by atoms with Crippen LogP contribution in [0.25, 0.3) is 0 Å². The lowest BCUT2D eigenvalue weighted by Crippen LogP contribution is -2.54. The molecule has 2 saturated heterocycles. The number of piperazine rings is 1. The van der Waals surface area contributed by atoms with Crippen LogP contribution < -0.4 is 0 Å². The second kappa shape index (κ2) is 5.14. The molecule has 0 aliphatic carbocycles. The van der Waals surface area contributed by atoms with Gasteiger partial charge in [0, 0.05) is 61.6 Å². The van der Waals surface area contributed by atoms with Crippen LogP contribution in [0.5, 0.6) is 0 Å². The quantitative estimate of drug-likeness (QED) is 0.573. The Bertz CT molecular complexity index is 280. The lowest BCUT2D eigenvalue weighted by molar-refractivity contribution is 0.125. The molecule has 0 unspecified atom stereocenters. The van der Waals surface area contributed by atoms with E-state index in [0.717, 1.165) is 26.2 Å². The summed E-state index contributed by atoms with van der Waals surface area (Å²) in [5, 5.41) is 0. The summed E-state index contributed by atoms with van der Waals surface area (Å²) >= 11 is 0. The van der Waals surface area contributed by atoms with E-state index in [9.17, 15) is 9.00 Å².